The van der Waals surface area contributed by atoms with Crippen LogP contribution in [0.1, 0.15) is 58.3 Å². The van der Waals surface area contributed by atoms with E-state index in [4.69, 9.17) is 4.74 Å². The summed E-state index contributed by atoms with van der Waals surface area (Å²) >= 11 is 0. The van der Waals surface area contributed by atoms with E-state index < -0.39 is 0 Å². The number of hydrogen-bond acceptors (Lipinski definition) is 3. The third-order valence-electron chi connectivity index (χ3n) is 6.00. The number of carbonyl (C=O) groups excluding carboxylic acids is 1. The molecule has 0 bridgehead atoms. The second-order valence-electron chi connectivity index (χ2n) is 7.03. The Bertz CT molecular complexity index is 336. The maximum Gasteiger partial charge on any atom is 0.228 e. The lowest BCUT2D eigenvalue weighted by Crippen LogP contribution is -2.49. The predicted molar refractivity (Wildman–Crippen MR) is 83.0 cm³/mol. The number of hydrogen-bond donors (Lipinski definition) is 1. The molecule has 1 N–H and O–H groups in total. The van der Waals surface area contributed by atoms with Crippen molar-refractivity contribution < 1.29 is 14.6 Å². The summed E-state index contributed by atoms with van der Waals surface area (Å²) in [5.74, 6) is 0.347. The van der Waals surface area contributed by atoms with Gasteiger partial charge < -0.3 is 14.7 Å². The Morgan fingerprint density at radius 3 is 2.29 bits per heavy atom. The quantitative estimate of drug-likeness (QED) is 0.820. The fourth-order valence-electron chi connectivity index (χ4n) is 4.06. The predicted octanol–water partition coefficient (Wildman–Crippen LogP) is 2.59. The molecule has 1 heterocycles. The molecule has 4 heteroatoms. The molecular weight excluding hydrogens is 266 g/mol. The van der Waals surface area contributed by atoms with E-state index in [1.807, 2.05) is 0 Å². The highest BCUT2D eigenvalue weighted by molar-refractivity contribution is 5.83. The van der Waals surface area contributed by atoms with Gasteiger partial charge in [-0.15, -0.1) is 0 Å². The van der Waals surface area contributed by atoms with E-state index in [0.717, 1.165) is 51.6 Å². The first-order valence-corrected chi connectivity index (χ1v) is 8.51. The Morgan fingerprint density at radius 2 is 1.81 bits per heavy atom. The molecule has 1 saturated heterocycles. The maximum atomic E-state index is 13.0. The minimum atomic E-state index is -0.165. The maximum absolute atomic E-state index is 13.0. The molecule has 0 radical (unpaired) electrons. The van der Waals surface area contributed by atoms with Crippen molar-refractivity contribution in [3.05, 3.63) is 0 Å². The molecular formula is C17H31NO3. The van der Waals surface area contributed by atoms with Crippen LogP contribution in [0.4, 0.5) is 0 Å². The highest BCUT2D eigenvalue weighted by Gasteiger charge is 2.44. The first-order chi connectivity index (χ1) is 10.1. The van der Waals surface area contributed by atoms with Crippen molar-refractivity contribution in [1.82, 2.24) is 4.90 Å². The zero-order valence-corrected chi connectivity index (χ0v) is 13.7. The minimum Gasteiger partial charge on any atom is -0.396 e. The Balaban J connectivity index is 1.99. The van der Waals surface area contributed by atoms with Crippen molar-refractivity contribution in [2.24, 2.45) is 10.8 Å². The molecule has 2 fully saturated rings. The van der Waals surface area contributed by atoms with Crippen LogP contribution in [-0.4, -0.2) is 49.3 Å². The summed E-state index contributed by atoms with van der Waals surface area (Å²) in [6.45, 7) is 4.68. The molecule has 0 aromatic heterocycles. The smallest absolute Gasteiger partial charge is 0.228 e. The largest absolute Gasteiger partial charge is 0.396 e. The lowest BCUT2D eigenvalue weighted by molar-refractivity contribution is -0.146. The Hall–Kier alpha value is -0.610. The zero-order chi connectivity index (χ0) is 15.3. The summed E-state index contributed by atoms with van der Waals surface area (Å²) in [7, 11) is 1.71. The van der Waals surface area contributed by atoms with E-state index >= 15 is 0 Å². The molecule has 1 aliphatic heterocycles. The molecule has 0 aromatic rings. The summed E-state index contributed by atoms with van der Waals surface area (Å²) in [5.41, 5.74) is -0.117. The van der Waals surface area contributed by atoms with Crippen LogP contribution < -0.4 is 0 Å². The number of piperidine rings is 1. The monoisotopic (exact) mass is 297 g/mol. The lowest BCUT2D eigenvalue weighted by atomic mass is 9.75. The molecule has 2 rings (SSSR count). The second kappa shape index (κ2) is 7.10. The Labute approximate surface area is 128 Å². The molecule has 0 aromatic carbocycles. The number of ether oxygens (including phenoxy) is 1. The van der Waals surface area contributed by atoms with Gasteiger partial charge in [0.05, 0.1) is 5.41 Å². The number of carbonyl (C=O) groups is 1. The molecule has 122 valence electrons. The van der Waals surface area contributed by atoms with Gasteiger partial charge in [0.25, 0.3) is 0 Å². The van der Waals surface area contributed by atoms with Crippen LogP contribution in [0.2, 0.25) is 0 Å². The summed E-state index contributed by atoms with van der Waals surface area (Å²) in [6.07, 6.45) is 8.10. The van der Waals surface area contributed by atoms with E-state index in [0.29, 0.717) is 12.5 Å². The van der Waals surface area contributed by atoms with E-state index in [1.54, 1.807) is 7.11 Å². The van der Waals surface area contributed by atoms with Crippen molar-refractivity contribution in [1.29, 1.82) is 0 Å². The van der Waals surface area contributed by atoms with Crippen molar-refractivity contribution in [2.45, 2.75) is 58.3 Å². The average Bonchev–Trinajstić information content (AvgIpc) is 3.02. The normalized spacial score (nSPS) is 24.2. The number of methoxy groups -OCH3 is 1. The summed E-state index contributed by atoms with van der Waals surface area (Å²) in [6, 6.07) is 0. The summed E-state index contributed by atoms with van der Waals surface area (Å²) < 4.78 is 5.23. The van der Waals surface area contributed by atoms with Gasteiger partial charge in [0.1, 0.15) is 0 Å². The Kier molecular flexibility index (Phi) is 5.67. The summed E-state index contributed by atoms with van der Waals surface area (Å²) in [5, 5.41) is 9.62. The molecule has 21 heavy (non-hydrogen) atoms. The van der Waals surface area contributed by atoms with Gasteiger partial charge in [0.15, 0.2) is 0 Å². The van der Waals surface area contributed by atoms with Crippen LogP contribution in [-0.2, 0) is 9.53 Å². The number of likely N-dealkylation sites (tertiary alicyclic amines) is 1. The molecule has 1 saturated carbocycles. The van der Waals surface area contributed by atoms with E-state index in [2.05, 4.69) is 11.8 Å². The van der Waals surface area contributed by atoms with Gasteiger partial charge in [-0.2, -0.15) is 0 Å². The van der Waals surface area contributed by atoms with Crippen LogP contribution in [0.5, 0.6) is 0 Å². The van der Waals surface area contributed by atoms with Gasteiger partial charge in [-0.1, -0.05) is 19.8 Å². The van der Waals surface area contributed by atoms with Crippen molar-refractivity contribution in [3.8, 4) is 0 Å². The number of amides is 1. The van der Waals surface area contributed by atoms with Gasteiger partial charge in [-0.3, -0.25) is 4.79 Å². The van der Waals surface area contributed by atoms with Gasteiger partial charge in [-0.25, -0.2) is 0 Å². The molecule has 1 amide bonds. The molecule has 0 unspecified atom stereocenters. The summed E-state index contributed by atoms with van der Waals surface area (Å²) in [4.78, 5) is 15.1. The molecule has 4 nitrogen and oxygen atoms in total. The van der Waals surface area contributed by atoms with E-state index in [1.165, 1.54) is 12.8 Å². The molecule has 1 aliphatic carbocycles. The highest BCUT2D eigenvalue weighted by Crippen LogP contribution is 2.44. The topological polar surface area (TPSA) is 49.8 Å². The Morgan fingerprint density at radius 1 is 1.19 bits per heavy atom. The zero-order valence-electron chi connectivity index (χ0n) is 13.7. The van der Waals surface area contributed by atoms with Crippen LogP contribution in [0.25, 0.3) is 0 Å². The fourth-order valence-corrected chi connectivity index (χ4v) is 4.06. The van der Waals surface area contributed by atoms with E-state index in [-0.39, 0.29) is 17.4 Å². The number of aliphatic hydroxyl groups excluding tert-OH is 1. The SMILES string of the molecule is CCC1(CO)CCN(C(=O)C2(CCOC)CCCC2)CC1. The highest BCUT2D eigenvalue weighted by atomic mass is 16.5. The van der Waals surface area contributed by atoms with Gasteiger partial charge in [0.2, 0.25) is 5.91 Å². The van der Waals surface area contributed by atoms with E-state index in [9.17, 15) is 9.90 Å². The van der Waals surface area contributed by atoms with Gasteiger partial charge in [0, 0.05) is 33.4 Å². The lowest BCUT2D eigenvalue weighted by Gasteiger charge is -2.43. The molecule has 0 spiro atoms. The molecule has 2 aliphatic rings. The van der Waals surface area contributed by atoms with Crippen molar-refractivity contribution >= 4 is 5.91 Å². The van der Waals surface area contributed by atoms with Gasteiger partial charge in [-0.05, 0) is 43.9 Å². The van der Waals surface area contributed by atoms with Crippen LogP contribution in [0.3, 0.4) is 0 Å². The van der Waals surface area contributed by atoms with Crippen molar-refractivity contribution in [2.75, 3.05) is 33.4 Å². The first-order valence-electron chi connectivity index (χ1n) is 8.51. The standard InChI is InChI=1S/C17H31NO3/c1-3-16(14-19)8-11-18(12-9-16)15(20)17(10-13-21-2)6-4-5-7-17/h19H,3-14H2,1-2H3. The fraction of sp³-hybridized carbons (Fsp3) is 0.941. The minimum absolute atomic E-state index is 0.0478. The average molecular weight is 297 g/mol. The number of rotatable bonds is 6. The van der Waals surface area contributed by atoms with Crippen LogP contribution in [0, 0.1) is 10.8 Å². The third kappa shape index (κ3) is 3.42. The van der Waals surface area contributed by atoms with Crippen LogP contribution in [0.15, 0.2) is 0 Å². The number of aliphatic hydroxyl groups is 1. The third-order valence-corrected chi connectivity index (χ3v) is 6.00. The molecule has 0 atom stereocenters. The number of nitrogens with zero attached hydrogens (tertiary/aromatic N) is 1. The van der Waals surface area contributed by atoms with Crippen molar-refractivity contribution in [3.63, 3.8) is 0 Å². The first kappa shape index (κ1) is 16.8. The van der Waals surface area contributed by atoms with Crippen LogP contribution >= 0.6 is 0 Å². The second-order valence-corrected chi connectivity index (χ2v) is 7.03. The van der Waals surface area contributed by atoms with Gasteiger partial charge >= 0.3 is 0 Å².